The Hall–Kier alpha value is -1.55. The monoisotopic (exact) mass is 273 g/mol. The van der Waals surface area contributed by atoms with Gasteiger partial charge in [0.1, 0.15) is 10.8 Å². The van der Waals surface area contributed by atoms with Crippen molar-refractivity contribution in [1.82, 2.24) is 4.37 Å². The van der Waals surface area contributed by atoms with Gasteiger partial charge < -0.3 is 10.6 Å². The van der Waals surface area contributed by atoms with Crippen LogP contribution in [0.5, 0.6) is 0 Å². The van der Waals surface area contributed by atoms with Gasteiger partial charge in [-0.15, -0.1) is 0 Å². The molecule has 3 rings (SSSR count). The fourth-order valence-electron chi connectivity index (χ4n) is 2.60. The van der Waals surface area contributed by atoms with Gasteiger partial charge in [-0.3, -0.25) is 0 Å². The van der Waals surface area contributed by atoms with Gasteiger partial charge in [0.05, 0.1) is 5.56 Å². The van der Waals surface area contributed by atoms with E-state index in [0.717, 1.165) is 24.6 Å². The number of nitrogens with zero attached hydrogens (tertiary/aromatic N) is 2. The summed E-state index contributed by atoms with van der Waals surface area (Å²) in [6, 6.07) is 10.3. The van der Waals surface area contributed by atoms with Crippen molar-refractivity contribution in [2.24, 2.45) is 5.92 Å². The van der Waals surface area contributed by atoms with Crippen LogP contribution in [0.3, 0.4) is 0 Å². The summed E-state index contributed by atoms with van der Waals surface area (Å²) in [5, 5.41) is 1.23. The zero-order chi connectivity index (χ0) is 13.2. The molecular weight excluding hydrogens is 254 g/mol. The Labute approximate surface area is 118 Å². The summed E-state index contributed by atoms with van der Waals surface area (Å²) >= 11 is 1.53. The second-order valence-corrected chi connectivity index (χ2v) is 6.04. The van der Waals surface area contributed by atoms with Crippen molar-refractivity contribution in [3.8, 4) is 11.1 Å². The van der Waals surface area contributed by atoms with E-state index in [-0.39, 0.29) is 0 Å². The molecule has 0 atom stereocenters. The summed E-state index contributed by atoms with van der Waals surface area (Å²) in [5.74, 6) is 1.49. The SMILES string of the molecule is CC1CCN(c2snc(N)c2-c2ccccc2)CC1. The number of hydrogen-bond acceptors (Lipinski definition) is 4. The molecule has 2 N–H and O–H groups in total. The topological polar surface area (TPSA) is 42.2 Å². The fourth-order valence-corrected chi connectivity index (χ4v) is 3.48. The van der Waals surface area contributed by atoms with Gasteiger partial charge in [0, 0.05) is 13.1 Å². The van der Waals surface area contributed by atoms with Crippen LogP contribution in [0.15, 0.2) is 30.3 Å². The summed E-state index contributed by atoms with van der Waals surface area (Å²) < 4.78 is 4.36. The number of aromatic nitrogens is 1. The van der Waals surface area contributed by atoms with Crippen LogP contribution in [0.25, 0.3) is 11.1 Å². The minimum absolute atomic E-state index is 0.657. The number of benzene rings is 1. The molecule has 0 aliphatic carbocycles. The second-order valence-electron chi connectivity index (χ2n) is 5.28. The van der Waals surface area contributed by atoms with Gasteiger partial charge in [0.15, 0.2) is 0 Å². The first kappa shape index (κ1) is 12.5. The van der Waals surface area contributed by atoms with E-state index in [1.165, 1.54) is 34.9 Å². The molecular formula is C15H19N3S. The molecule has 0 amide bonds. The van der Waals surface area contributed by atoms with Gasteiger partial charge in [-0.05, 0) is 35.9 Å². The standard InChI is InChI=1S/C15H19N3S/c1-11-7-9-18(10-8-11)15-13(14(16)17-19-15)12-5-3-2-4-6-12/h2-6,11H,7-10H2,1H3,(H2,16,17). The van der Waals surface area contributed by atoms with E-state index < -0.39 is 0 Å². The Bertz CT molecular complexity index is 542. The van der Waals surface area contributed by atoms with Crippen molar-refractivity contribution < 1.29 is 0 Å². The van der Waals surface area contributed by atoms with Crippen LogP contribution in [-0.4, -0.2) is 17.5 Å². The van der Waals surface area contributed by atoms with Crippen molar-refractivity contribution in [2.45, 2.75) is 19.8 Å². The van der Waals surface area contributed by atoms with Crippen LogP contribution in [0.1, 0.15) is 19.8 Å². The van der Waals surface area contributed by atoms with Crippen LogP contribution < -0.4 is 10.6 Å². The highest BCUT2D eigenvalue weighted by atomic mass is 32.1. The highest BCUT2D eigenvalue weighted by Gasteiger charge is 2.22. The van der Waals surface area contributed by atoms with Crippen molar-refractivity contribution in [3.05, 3.63) is 30.3 Å². The summed E-state index contributed by atoms with van der Waals surface area (Å²) in [6.07, 6.45) is 2.51. The summed E-state index contributed by atoms with van der Waals surface area (Å²) in [7, 11) is 0. The third-order valence-electron chi connectivity index (χ3n) is 3.83. The van der Waals surface area contributed by atoms with Crippen molar-refractivity contribution in [2.75, 3.05) is 23.7 Å². The largest absolute Gasteiger partial charge is 0.382 e. The van der Waals surface area contributed by atoms with Gasteiger partial charge in [0.25, 0.3) is 0 Å². The molecule has 0 unspecified atom stereocenters. The Morgan fingerprint density at radius 2 is 1.89 bits per heavy atom. The number of nitrogens with two attached hydrogens (primary N) is 1. The summed E-state index contributed by atoms with van der Waals surface area (Å²) in [6.45, 7) is 4.56. The number of piperidine rings is 1. The van der Waals surface area contributed by atoms with E-state index in [2.05, 4.69) is 40.5 Å². The van der Waals surface area contributed by atoms with Gasteiger partial charge in [0.2, 0.25) is 0 Å². The van der Waals surface area contributed by atoms with Crippen LogP contribution >= 0.6 is 11.5 Å². The molecule has 100 valence electrons. The molecule has 19 heavy (non-hydrogen) atoms. The van der Waals surface area contributed by atoms with Crippen molar-refractivity contribution in [1.29, 1.82) is 0 Å². The maximum Gasteiger partial charge on any atom is 0.147 e. The lowest BCUT2D eigenvalue weighted by Gasteiger charge is -2.31. The van der Waals surface area contributed by atoms with Crippen molar-refractivity contribution in [3.63, 3.8) is 0 Å². The first-order chi connectivity index (χ1) is 9.25. The molecule has 1 aliphatic heterocycles. The average Bonchev–Trinajstić information content (AvgIpc) is 2.82. The molecule has 1 aromatic carbocycles. The molecule has 1 aliphatic rings. The molecule has 1 saturated heterocycles. The van der Waals surface area contributed by atoms with Gasteiger partial charge >= 0.3 is 0 Å². The minimum Gasteiger partial charge on any atom is -0.382 e. The molecule has 0 radical (unpaired) electrons. The summed E-state index contributed by atoms with van der Waals surface area (Å²) in [5.41, 5.74) is 8.36. The minimum atomic E-state index is 0.657. The van der Waals surface area contributed by atoms with Crippen LogP contribution in [0.4, 0.5) is 10.8 Å². The molecule has 1 aromatic heterocycles. The van der Waals surface area contributed by atoms with E-state index in [9.17, 15) is 0 Å². The average molecular weight is 273 g/mol. The highest BCUT2D eigenvalue weighted by molar-refractivity contribution is 7.11. The van der Waals surface area contributed by atoms with Crippen LogP contribution in [-0.2, 0) is 0 Å². The van der Waals surface area contributed by atoms with Crippen LogP contribution in [0, 0.1) is 5.92 Å². The van der Waals surface area contributed by atoms with E-state index in [1.807, 2.05) is 6.07 Å². The second kappa shape index (κ2) is 5.21. The van der Waals surface area contributed by atoms with Crippen LogP contribution in [0.2, 0.25) is 0 Å². The predicted octanol–water partition coefficient (Wildman–Crippen LogP) is 3.63. The van der Waals surface area contributed by atoms with Gasteiger partial charge in [-0.1, -0.05) is 37.3 Å². The first-order valence-electron chi connectivity index (χ1n) is 6.81. The number of rotatable bonds is 2. The molecule has 2 heterocycles. The smallest absolute Gasteiger partial charge is 0.147 e. The lowest BCUT2D eigenvalue weighted by molar-refractivity contribution is 0.440. The predicted molar refractivity (Wildman–Crippen MR) is 82.6 cm³/mol. The fraction of sp³-hybridized carbons (Fsp3) is 0.400. The molecule has 1 fully saturated rings. The third-order valence-corrected chi connectivity index (χ3v) is 4.76. The van der Waals surface area contributed by atoms with E-state index in [1.54, 1.807) is 0 Å². The van der Waals surface area contributed by atoms with Crippen molar-refractivity contribution >= 4 is 22.4 Å². The molecule has 0 bridgehead atoms. The Kier molecular flexibility index (Phi) is 3.42. The maximum atomic E-state index is 6.08. The van der Waals surface area contributed by atoms with E-state index in [4.69, 9.17) is 5.73 Å². The molecule has 3 nitrogen and oxygen atoms in total. The number of anilines is 2. The summed E-state index contributed by atoms with van der Waals surface area (Å²) in [4.78, 5) is 2.44. The van der Waals surface area contributed by atoms with Gasteiger partial charge in [-0.25, -0.2) is 0 Å². The lowest BCUT2D eigenvalue weighted by Crippen LogP contribution is -2.32. The normalized spacial score (nSPS) is 16.8. The molecule has 0 saturated carbocycles. The number of hydrogen-bond donors (Lipinski definition) is 1. The number of nitrogen functional groups attached to an aromatic ring is 1. The third kappa shape index (κ3) is 2.45. The Morgan fingerprint density at radius 3 is 2.58 bits per heavy atom. The zero-order valence-electron chi connectivity index (χ0n) is 11.2. The molecule has 0 spiro atoms. The Balaban J connectivity index is 1.95. The van der Waals surface area contributed by atoms with E-state index >= 15 is 0 Å². The molecule has 4 heteroatoms. The molecule has 2 aromatic rings. The van der Waals surface area contributed by atoms with Gasteiger partial charge in [-0.2, -0.15) is 4.37 Å². The highest BCUT2D eigenvalue weighted by Crippen LogP contribution is 2.40. The lowest BCUT2D eigenvalue weighted by atomic mass is 9.99. The van der Waals surface area contributed by atoms with E-state index in [0.29, 0.717) is 5.82 Å². The Morgan fingerprint density at radius 1 is 1.21 bits per heavy atom. The first-order valence-corrected chi connectivity index (χ1v) is 7.58. The maximum absolute atomic E-state index is 6.08. The zero-order valence-corrected chi connectivity index (χ0v) is 12.0. The quantitative estimate of drug-likeness (QED) is 0.908.